The smallest absolute Gasteiger partial charge is 0.376 e. The van der Waals surface area contributed by atoms with Crippen LogP contribution in [-0.4, -0.2) is 23.0 Å². The van der Waals surface area contributed by atoms with Crippen LogP contribution in [0.5, 0.6) is 0 Å². The van der Waals surface area contributed by atoms with Gasteiger partial charge in [-0.15, -0.1) is 0 Å². The van der Waals surface area contributed by atoms with E-state index in [1.165, 1.54) is 0 Å². The molecular formula is C7H8N2O2. The van der Waals surface area contributed by atoms with E-state index in [0.717, 1.165) is 12.4 Å². The fraction of sp³-hybridized carbons (Fsp3) is 0.286. The summed E-state index contributed by atoms with van der Waals surface area (Å²) in [6, 6.07) is 0. The van der Waals surface area contributed by atoms with Gasteiger partial charge >= 0.3 is 5.97 Å². The van der Waals surface area contributed by atoms with E-state index in [9.17, 15) is 4.79 Å². The lowest BCUT2D eigenvalue weighted by atomic mass is 10.4. The van der Waals surface area contributed by atoms with Gasteiger partial charge in [-0.1, -0.05) is 0 Å². The number of carbonyl (C=O) groups excluding carboxylic acids is 1. The molecule has 0 N–H and O–H groups in total. The summed E-state index contributed by atoms with van der Waals surface area (Å²) in [6.07, 6.45) is 1.85. The van der Waals surface area contributed by atoms with Gasteiger partial charge in [0.25, 0.3) is 0 Å². The van der Waals surface area contributed by atoms with Crippen molar-refractivity contribution in [3.8, 4) is 0 Å². The Morgan fingerprint density at radius 2 is 2.36 bits per heavy atom. The number of methoxy groups -OCH3 is 1. The molecule has 0 saturated heterocycles. The topological polar surface area (TPSA) is 52.1 Å². The van der Waals surface area contributed by atoms with Crippen molar-refractivity contribution in [1.82, 2.24) is 9.97 Å². The van der Waals surface area contributed by atoms with Crippen molar-refractivity contribution >= 4 is 5.97 Å². The zero-order valence-corrected chi connectivity index (χ0v) is 5.37. The zero-order valence-electron chi connectivity index (χ0n) is 11.4. The summed E-state index contributed by atoms with van der Waals surface area (Å²) in [5.74, 6) is -1.74. The van der Waals surface area contributed by atoms with E-state index in [-0.39, 0.29) is 5.56 Å². The van der Waals surface area contributed by atoms with E-state index < -0.39 is 25.7 Å². The molecule has 0 aromatic carbocycles. The summed E-state index contributed by atoms with van der Waals surface area (Å²) in [7, 11) is -2.89. The van der Waals surface area contributed by atoms with Crippen LogP contribution in [0.3, 0.4) is 0 Å². The standard InChI is InChI=1S/C7H8N2O2/c1-5-3-8-6(9-4-5)7(10)11-2/h3-4H,1-2H3/i1D3,2D3. The molecule has 1 heterocycles. The summed E-state index contributed by atoms with van der Waals surface area (Å²) >= 11 is 0. The minimum Gasteiger partial charge on any atom is -0.463 e. The maximum absolute atomic E-state index is 11.2. The van der Waals surface area contributed by atoms with Crippen molar-refractivity contribution in [3.63, 3.8) is 0 Å². The van der Waals surface area contributed by atoms with Crippen LogP contribution >= 0.6 is 0 Å². The number of aryl methyl sites for hydroxylation is 1. The molecule has 0 aliphatic rings. The predicted octanol–water partition coefficient (Wildman–Crippen LogP) is 0.572. The molecule has 0 radical (unpaired) electrons. The van der Waals surface area contributed by atoms with E-state index in [4.69, 9.17) is 8.22 Å². The summed E-state index contributed by atoms with van der Waals surface area (Å²) in [5, 5.41) is 0. The number of nitrogens with zero attached hydrogens (tertiary/aromatic N) is 2. The molecule has 58 valence electrons. The van der Waals surface area contributed by atoms with Crippen LogP contribution < -0.4 is 0 Å². The van der Waals surface area contributed by atoms with Gasteiger partial charge in [0.2, 0.25) is 5.82 Å². The SMILES string of the molecule is [2H]C([2H])([2H])OC(=O)c1ncc(C([2H])([2H])[2H])cn1. The zero-order chi connectivity index (χ0) is 13.3. The number of hydrogen-bond donors (Lipinski definition) is 0. The van der Waals surface area contributed by atoms with E-state index in [1.54, 1.807) is 0 Å². The highest BCUT2D eigenvalue weighted by Gasteiger charge is 2.06. The third-order valence-corrected chi connectivity index (χ3v) is 0.927. The number of hydrogen-bond acceptors (Lipinski definition) is 4. The Kier molecular flexibility index (Phi) is 0.812. The van der Waals surface area contributed by atoms with Crippen LogP contribution in [0.1, 0.15) is 24.4 Å². The first-order valence-electron chi connectivity index (χ1n) is 5.65. The van der Waals surface area contributed by atoms with Crippen molar-refractivity contribution in [3.05, 3.63) is 23.8 Å². The molecule has 0 bridgehead atoms. The highest BCUT2D eigenvalue weighted by molar-refractivity contribution is 5.84. The lowest BCUT2D eigenvalue weighted by Crippen LogP contribution is -2.06. The number of aromatic nitrogens is 2. The maximum Gasteiger partial charge on any atom is 0.376 e. The maximum atomic E-state index is 11.2. The summed E-state index contributed by atoms with van der Waals surface area (Å²) in [6.45, 7) is -2.38. The van der Waals surface area contributed by atoms with Gasteiger partial charge in [-0.25, -0.2) is 14.8 Å². The second kappa shape index (κ2) is 3.09. The number of rotatable bonds is 1. The first kappa shape index (κ1) is 2.89. The van der Waals surface area contributed by atoms with Gasteiger partial charge in [-0.2, -0.15) is 0 Å². The Labute approximate surface area is 72.7 Å². The Morgan fingerprint density at radius 1 is 1.64 bits per heavy atom. The molecule has 11 heavy (non-hydrogen) atoms. The van der Waals surface area contributed by atoms with Crippen LogP contribution in [-0.2, 0) is 4.74 Å². The molecule has 0 unspecified atom stereocenters. The number of ether oxygens (including phenoxy) is 1. The molecule has 0 fully saturated rings. The first-order chi connectivity index (χ1) is 7.59. The summed E-state index contributed by atoms with van der Waals surface area (Å²) < 4.78 is 45.3. The largest absolute Gasteiger partial charge is 0.463 e. The van der Waals surface area contributed by atoms with Gasteiger partial charge in [0.1, 0.15) is 0 Å². The van der Waals surface area contributed by atoms with Gasteiger partial charge in [0.05, 0.1) is 11.2 Å². The molecular weight excluding hydrogens is 144 g/mol. The fourth-order valence-corrected chi connectivity index (χ4v) is 0.479. The third kappa shape index (κ3) is 1.73. The molecule has 0 spiro atoms. The van der Waals surface area contributed by atoms with Crippen molar-refractivity contribution in [2.75, 3.05) is 7.04 Å². The normalized spacial score (nSPS) is 19.6. The minimum absolute atomic E-state index is 0.150. The van der Waals surface area contributed by atoms with E-state index >= 15 is 0 Å². The Morgan fingerprint density at radius 3 is 2.91 bits per heavy atom. The summed E-state index contributed by atoms with van der Waals surface area (Å²) in [4.78, 5) is 18.0. The second-order valence-electron chi connectivity index (χ2n) is 1.68. The lowest BCUT2D eigenvalue weighted by Gasteiger charge is -1.95. The van der Waals surface area contributed by atoms with Crippen molar-refractivity contribution in [1.29, 1.82) is 0 Å². The Bertz CT molecular complexity index is 410. The van der Waals surface area contributed by atoms with Gasteiger partial charge in [-0.3, -0.25) is 0 Å². The van der Waals surface area contributed by atoms with Gasteiger partial charge < -0.3 is 4.74 Å². The van der Waals surface area contributed by atoms with Crippen molar-refractivity contribution < 1.29 is 17.8 Å². The highest BCUT2D eigenvalue weighted by Crippen LogP contribution is 1.94. The first-order valence-corrected chi connectivity index (χ1v) is 2.65. The van der Waals surface area contributed by atoms with E-state index in [2.05, 4.69) is 14.7 Å². The average Bonchev–Trinajstić information content (AvgIpc) is 2.14. The van der Waals surface area contributed by atoms with E-state index in [1.807, 2.05) is 0 Å². The van der Waals surface area contributed by atoms with Crippen LogP contribution in [0.25, 0.3) is 0 Å². The third-order valence-electron chi connectivity index (χ3n) is 0.927. The molecule has 1 aromatic rings. The van der Waals surface area contributed by atoms with Gasteiger partial charge in [0, 0.05) is 16.5 Å². The monoisotopic (exact) mass is 158 g/mol. The second-order valence-corrected chi connectivity index (χ2v) is 1.68. The summed E-state index contributed by atoms with van der Waals surface area (Å²) in [5.41, 5.74) is -0.150. The molecule has 1 aromatic heterocycles. The molecule has 4 nitrogen and oxygen atoms in total. The molecule has 0 saturated carbocycles. The van der Waals surface area contributed by atoms with E-state index in [0.29, 0.717) is 0 Å². The van der Waals surface area contributed by atoms with Crippen molar-refractivity contribution in [2.45, 2.75) is 6.85 Å². The van der Waals surface area contributed by atoms with Gasteiger partial charge in [0.15, 0.2) is 0 Å². The Balaban J connectivity index is 2.85. The molecule has 0 aliphatic heterocycles. The Hall–Kier alpha value is -1.45. The van der Waals surface area contributed by atoms with Crippen LogP contribution in [0.15, 0.2) is 12.4 Å². The molecule has 0 amide bonds. The lowest BCUT2D eigenvalue weighted by molar-refractivity contribution is 0.0586. The quantitative estimate of drug-likeness (QED) is 0.561. The molecule has 1 rings (SSSR count). The van der Waals surface area contributed by atoms with Crippen LogP contribution in [0.2, 0.25) is 0 Å². The minimum atomic E-state index is -2.89. The fourth-order valence-electron chi connectivity index (χ4n) is 0.479. The molecule has 4 heteroatoms. The highest BCUT2D eigenvalue weighted by atomic mass is 16.5. The van der Waals surface area contributed by atoms with Crippen molar-refractivity contribution in [2.24, 2.45) is 0 Å². The predicted molar refractivity (Wildman–Crippen MR) is 38.1 cm³/mol. The molecule has 0 atom stereocenters. The number of esters is 1. The average molecular weight is 158 g/mol. The van der Waals surface area contributed by atoms with Crippen LogP contribution in [0.4, 0.5) is 0 Å². The number of carbonyl (C=O) groups is 1. The molecule has 0 aliphatic carbocycles. The van der Waals surface area contributed by atoms with Crippen LogP contribution in [0, 0.1) is 6.85 Å². The van der Waals surface area contributed by atoms with Gasteiger partial charge in [-0.05, 0) is 12.4 Å².